The van der Waals surface area contributed by atoms with Gasteiger partial charge in [0.1, 0.15) is 12.3 Å². The number of nitrogens with one attached hydrogen (secondary N) is 2. The lowest BCUT2D eigenvalue weighted by Gasteiger charge is -2.30. The van der Waals surface area contributed by atoms with Crippen LogP contribution in [0.4, 0.5) is 0 Å². The second-order valence-electron chi connectivity index (χ2n) is 6.96. The van der Waals surface area contributed by atoms with Crippen LogP contribution in [0.25, 0.3) is 11.0 Å². The molecule has 1 aliphatic heterocycles. The Morgan fingerprint density at radius 3 is 2.96 bits per heavy atom. The van der Waals surface area contributed by atoms with Crippen LogP contribution >= 0.6 is 0 Å². The molecule has 7 heteroatoms. The topological polar surface area (TPSA) is 92.2 Å². The highest BCUT2D eigenvalue weighted by atomic mass is 16.1. The molecule has 2 N–H and O–H groups in total. The number of hydrogen-bond donors (Lipinski definition) is 2. The van der Waals surface area contributed by atoms with Gasteiger partial charge < -0.3 is 10.1 Å². The van der Waals surface area contributed by atoms with E-state index in [1.54, 1.807) is 4.57 Å². The Balaban J connectivity index is 2.03. The van der Waals surface area contributed by atoms with Crippen LogP contribution in [0.2, 0.25) is 0 Å². The molecule has 0 amide bonds. The maximum atomic E-state index is 12.8. The Morgan fingerprint density at radius 1 is 1.46 bits per heavy atom. The Hall–Kier alpha value is -2.28. The van der Waals surface area contributed by atoms with Crippen LogP contribution in [0.5, 0.6) is 0 Å². The standard InChI is InChI=1S/C17H23N5O2/c1-17(2)6-8-21-15-13(17)4-3-5-14(15)22(16(21)24)11-12(20-18)10-19-7-9-23/h3-5,9,12,18-19H,6-8,10-11H2,1-2H3. The third kappa shape index (κ3) is 2.69. The molecule has 7 nitrogen and oxygen atoms in total. The summed E-state index contributed by atoms with van der Waals surface area (Å²) in [5, 5.41) is 6.53. The van der Waals surface area contributed by atoms with Crippen molar-refractivity contribution in [2.75, 3.05) is 13.1 Å². The molecule has 0 aliphatic carbocycles. The molecule has 2 aromatic rings. The van der Waals surface area contributed by atoms with E-state index in [1.807, 2.05) is 16.7 Å². The second-order valence-corrected chi connectivity index (χ2v) is 6.96. The number of para-hydroxylation sites is 1. The van der Waals surface area contributed by atoms with Gasteiger partial charge in [-0.3, -0.25) is 9.13 Å². The zero-order chi connectivity index (χ0) is 17.3. The van der Waals surface area contributed by atoms with Gasteiger partial charge >= 0.3 is 5.69 Å². The summed E-state index contributed by atoms with van der Waals surface area (Å²) >= 11 is 0. The lowest BCUT2D eigenvalue weighted by molar-refractivity contribution is -0.107. The Bertz CT molecular complexity index is 833. The van der Waals surface area contributed by atoms with Gasteiger partial charge in [0, 0.05) is 13.1 Å². The molecule has 0 saturated carbocycles. The van der Waals surface area contributed by atoms with E-state index < -0.39 is 0 Å². The fraction of sp³-hybridized carbons (Fsp3) is 0.529. The third-order valence-corrected chi connectivity index (χ3v) is 4.91. The molecule has 0 radical (unpaired) electrons. The molecule has 128 valence electrons. The first-order valence-corrected chi connectivity index (χ1v) is 8.23. The van der Waals surface area contributed by atoms with Crippen molar-refractivity contribution in [3.05, 3.63) is 34.2 Å². The van der Waals surface area contributed by atoms with E-state index in [1.165, 1.54) is 5.56 Å². The molecule has 1 aromatic heterocycles. The van der Waals surface area contributed by atoms with Crippen LogP contribution < -0.4 is 11.0 Å². The zero-order valence-corrected chi connectivity index (χ0v) is 14.1. The number of hydrogen-bond acceptors (Lipinski definition) is 5. The molecular weight excluding hydrogens is 306 g/mol. The molecule has 0 spiro atoms. The summed E-state index contributed by atoms with van der Waals surface area (Å²) < 4.78 is 3.56. The quantitative estimate of drug-likeness (QED) is 0.460. The van der Waals surface area contributed by atoms with E-state index in [2.05, 4.69) is 30.3 Å². The van der Waals surface area contributed by atoms with Crippen LogP contribution in [0.1, 0.15) is 25.8 Å². The second kappa shape index (κ2) is 6.32. The minimum absolute atomic E-state index is 0.0445. The number of imidazole rings is 1. The van der Waals surface area contributed by atoms with Crippen molar-refractivity contribution in [3.8, 4) is 0 Å². The van der Waals surface area contributed by atoms with Crippen molar-refractivity contribution in [2.45, 2.75) is 44.8 Å². The van der Waals surface area contributed by atoms with Crippen molar-refractivity contribution in [2.24, 2.45) is 5.11 Å². The highest BCUT2D eigenvalue weighted by Crippen LogP contribution is 2.36. The average Bonchev–Trinajstić information content (AvgIpc) is 2.83. The lowest BCUT2D eigenvalue weighted by Crippen LogP contribution is -2.35. The first-order chi connectivity index (χ1) is 11.5. The summed E-state index contributed by atoms with van der Waals surface area (Å²) in [6.07, 6.45) is 1.70. The number of rotatable bonds is 7. The van der Waals surface area contributed by atoms with Gasteiger partial charge in [-0.15, -0.1) is 0 Å². The summed E-state index contributed by atoms with van der Waals surface area (Å²) in [6.45, 7) is 6.07. The maximum Gasteiger partial charge on any atom is 0.329 e. The summed E-state index contributed by atoms with van der Waals surface area (Å²) in [7, 11) is 0. The minimum Gasteiger partial charge on any atom is -0.308 e. The van der Waals surface area contributed by atoms with Crippen LogP contribution in [0, 0.1) is 5.53 Å². The molecule has 1 aromatic carbocycles. The highest BCUT2D eigenvalue weighted by molar-refractivity contribution is 5.81. The number of carbonyl (C=O) groups is 1. The molecule has 24 heavy (non-hydrogen) atoms. The van der Waals surface area contributed by atoms with E-state index in [-0.39, 0.29) is 23.7 Å². The fourth-order valence-electron chi connectivity index (χ4n) is 3.50. The molecule has 1 aliphatic rings. The lowest BCUT2D eigenvalue weighted by atomic mass is 9.79. The van der Waals surface area contributed by atoms with E-state index in [0.29, 0.717) is 19.6 Å². The molecule has 0 bridgehead atoms. The van der Waals surface area contributed by atoms with Gasteiger partial charge in [-0.1, -0.05) is 26.0 Å². The van der Waals surface area contributed by atoms with Gasteiger partial charge in [0.05, 0.1) is 24.1 Å². The zero-order valence-electron chi connectivity index (χ0n) is 14.1. The van der Waals surface area contributed by atoms with Crippen molar-refractivity contribution >= 4 is 17.3 Å². The summed E-state index contributed by atoms with van der Waals surface area (Å²) in [6, 6.07) is 5.67. The Kier molecular flexibility index (Phi) is 4.36. The van der Waals surface area contributed by atoms with E-state index in [0.717, 1.165) is 23.7 Å². The number of aryl methyl sites for hydroxylation is 1. The Morgan fingerprint density at radius 2 is 2.25 bits per heavy atom. The van der Waals surface area contributed by atoms with Gasteiger partial charge in [-0.05, 0) is 23.5 Å². The number of nitrogens with zero attached hydrogens (tertiary/aromatic N) is 3. The molecule has 1 unspecified atom stereocenters. The van der Waals surface area contributed by atoms with Gasteiger partial charge in [0.25, 0.3) is 0 Å². The molecular formula is C17H23N5O2. The smallest absolute Gasteiger partial charge is 0.308 e. The third-order valence-electron chi connectivity index (χ3n) is 4.91. The Labute approximate surface area is 140 Å². The van der Waals surface area contributed by atoms with E-state index >= 15 is 0 Å². The fourth-order valence-corrected chi connectivity index (χ4v) is 3.50. The van der Waals surface area contributed by atoms with Crippen LogP contribution in [-0.4, -0.2) is 34.6 Å². The predicted octanol–water partition coefficient (Wildman–Crippen LogP) is 1.67. The summed E-state index contributed by atoms with van der Waals surface area (Å²) in [5.41, 5.74) is 10.5. The first-order valence-electron chi connectivity index (χ1n) is 8.23. The molecule has 2 heterocycles. The van der Waals surface area contributed by atoms with E-state index in [9.17, 15) is 9.59 Å². The van der Waals surface area contributed by atoms with Crippen molar-refractivity contribution in [1.82, 2.24) is 14.5 Å². The predicted molar refractivity (Wildman–Crippen MR) is 91.7 cm³/mol. The number of aldehydes is 1. The van der Waals surface area contributed by atoms with Gasteiger partial charge in [-0.25, -0.2) is 10.3 Å². The average molecular weight is 329 g/mol. The van der Waals surface area contributed by atoms with Crippen LogP contribution in [0.15, 0.2) is 28.1 Å². The minimum atomic E-state index is -0.376. The highest BCUT2D eigenvalue weighted by Gasteiger charge is 2.31. The van der Waals surface area contributed by atoms with Crippen molar-refractivity contribution in [1.29, 1.82) is 5.53 Å². The molecule has 0 saturated heterocycles. The van der Waals surface area contributed by atoms with Crippen molar-refractivity contribution in [3.63, 3.8) is 0 Å². The van der Waals surface area contributed by atoms with Crippen LogP contribution in [-0.2, 0) is 23.3 Å². The SMILES string of the molecule is CC1(C)CCn2c(=O)n(CC(CNCC=O)N=N)c3cccc1c32. The number of benzene rings is 1. The monoisotopic (exact) mass is 329 g/mol. The van der Waals surface area contributed by atoms with Gasteiger partial charge in [0.15, 0.2) is 0 Å². The summed E-state index contributed by atoms with van der Waals surface area (Å²) in [4.78, 5) is 23.3. The van der Waals surface area contributed by atoms with Gasteiger partial charge in [-0.2, -0.15) is 5.11 Å². The van der Waals surface area contributed by atoms with Crippen molar-refractivity contribution < 1.29 is 4.79 Å². The normalized spacial score (nSPS) is 16.9. The van der Waals surface area contributed by atoms with E-state index in [4.69, 9.17) is 5.53 Å². The van der Waals surface area contributed by atoms with Crippen LogP contribution in [0.3, 0.4) is 0 Å². The maximum absolute atomic E-state index is 12.8. The molecule has 3 rings (SSSR count). The molecule has 0 fully saturated rings. The largest absolute Gasteiger partial charge is 0.329 e. The number of carbonyl (C=O) groups excluding carboxylic acids is 1. The summed E-state index contributed by atoms with van der Waals surface area (Å²) in [5.74, 6) is 0. The molecule has 1 atom stereocenters. The number of aromatic nitrogens is 2. The first kappa shape index (κ1) is 16.6. The van der Waals surface area contributed by atoms with Gasteiger partial charge in [0.2, 0.25) is 0 Å².